The fourth-order valence-electron chi connectivity index (χ4n) is 2.80. The minimum atomic E-state index is -3.06. The summed E-state index contributed by atoms with van der Waals surface area (Å²) in [5.41, 5.74) is 0. The fourth-order valence-corrected chi connectivity index (χ4v) is 4.17. The van der Waals surface area contributed by atoms with Gasteiger partial charge in [-0.05, 0) is 51.0 Å². The maximum Gasteiger partial charge on any atom is 0.193 e. The molecule has 1 fully saturated rings. The van der Waals surface area contributed by atoms with Crippen LogP contribution in [0.3, 0.4) is 0 Å². The molecule has 0 radical (unpaired) electrons. The van der Waals surface area contributed by atoms with Crippen LogP contribution in [0.15, 0.2) is 29.3 Å². The molecule has 26 heavy (non-hydrogen) atoms. The van der Waals surface area contributed by atoms with Crippen LogP contribution >= 0.6 is 0 Å². The van der Waals surface area contributed by atoms with Crippen molar-refractivity contribution >= 4 is 15.8 Å². The van der Waals surface area contributed by atoms with E-state index in [1.807, 2.05) is 4.90 Å². The Hall–Kier alpha value is -1.83. The van der Waals surface area contributed by atoms with Gasteiger partial charge in [0.05, 0.1) is 17.1 Å². The first-order chi connectivity index (χ1) is 12.2. The average molecular weight is 386 g/mol. The number of hydrogen-bond donors (Lipinski definition) is 1. The van der Waals surface area contributed by atoms with Gasteiger partial charge in [-0.15, -0.1) is 0 Å². The molecule has 0 saturated carbocycles. The SMILES string of the molecule is CN=C(NCCCCOc1ccc(F)cc1)N1CCS(=O)(=O)C(C)(C)C1. The van der Waals surface area contributed by atoms with Gasteiger partial charge in [-0.2, -0.15) is 0 Å². The quantitative estimate of drug-likeness (QED) is 0.461. The normalized spacial score (nSPS) is 19.2. The van der Waals surface area contributed by atoms with E-state index in [1.165, 1.54) is 12.1 Å². The third-order valence-corrected chi connectivity index (χ3v) is 7.02. The summed E-state index contributed by atoms with van der Waals surface area (Å²) in [6.45, 7) is 5.69. The Kier molecular flexibility index (Phi) is 6.86. The summed E-state index contributed by atoms with van der Waals surface area (Å²) in [5.74, 6) is 1.26. The summed E-state index contributed by atoms with van der Waals surface area (Å²) in [6.07, 6.45) is 1.73. The third-order valence-electron chi connectivity index (χ3n) is 4.49. The Balaban J connectivity index is 1.70. The fraction of sp³-hybridized carbons (Fsp3) is 0.611. The zero-order valence-electron chi connectivity index (χ0n) is 15.7. The largest absolute Gasteiger partial charge is 0.494 e. The monoisotopic (exact) mass is 385 g/mol. The number of unbranched alkanes of at least 4 members (excludes halogenated alkanes) is 1. The Labute approximate surface area is 155 Å². The Morgan fingerprint density at radius 1 is 1.31 bits per heavy atom. The lowest BCUT2D eigenvalue weighted by molar-refractivity contribution is 0.305. The molecule has 0 bridgehead atoms. The molecule has 1 aromatic carbocycles. The van der Waals surface area contributed by atoms with Gasteiger partial charge < -0.3 is 15.0 Å². The molecule has 0 spiro atoms. The first-order valence-electron chi connectivity index (χ1n) is 8.81. The van der Waals surface area contributed by atoms with Crippen LogP contribution in [0.4, 0.5) is 4.39 Å². The van der Waals surface area contributed by atoms with E-state index in [0.29, 0.717) is 25.4 Å². The number of hydrogen-bond acceptors (Lipinski definition) is 4. The second-order valence-electron chi connectivity index (χ2n) is 6.98. The molecule has 2 rings (SSSR count). The number of aliphatic imine (C=N–C) groups is 1. The highest BCUT2D eigenvalue weighted by atomic mass is 32.2. The number of rotatable bonds is 6. The second-order valence-corrected chi connectivity index (χ2v) is 9.73. The Morgan fingerprint density at radius 2 is 2.00 bits per heavy atom. The average Bonchev–Trinajstić information content (AvgIpc) is 2.58. The molecule has 0 atom stereocenters. The van der Waals surface area contributed by atoms with Crippen LogP contribution in [0.25, 0.3) is 0 Å². The molecule has 0 aromatic heterocycles. The highest BCUT2D eigenvalue weighted by Gasteiger charge is 2.40. The van der Waals surface area contributed by atoms with Gasteiger partial charge in [0.15, 0.2) is 15.8 Å². The van der Waals surface area contributed by atoms with Crippen LogP contribution < -0.4 is 10.1 Å². The first kappa shape index (κ1) is 20.5. The Morgan fingerprint density at radius 3 is 2.62 bits per heavy atom. The number of nitrogens with zero attached hydrogens (tertiary/aromatic N) is 2. The van der Waals surface area contributed by atoms with E-state index in [1.54, 1.807) is 33.0 Å². The maximum atomic E-state index is 12.8. The predicted molar refractivity (Wildman–Crippen MR) is 102 cm³/mol. The van der Waals surface area contributed by atoms with Gasteiger partial charge in [-0.25, -0.2) is 12.8 Å². The van der Waals surface area contributed by atoms with Crippen LogP contribution in [0.2, 0.25) is 0 Å². The van der Waals surface area contributed by atoms with Crippen molar-refractivity contribution in [1.82, 2.24) is 10.2 Å². The van der Waals surface area contributed by atoms with Gasteiger partial charge >= 0.3 is 0 Å². The van der Waals surface area contributed by atoms with E-state index in [9.17, 15) is 12.8 Å². The summed E-state index contributed by atoms with van der Waals surface area (Å²) >= 11 is 0. The number of sulfone groups is 1. The lowest BCUT2D eigenvalue weighted by Crippen LogP contribution is -2.57. The molecular formula is C18H28FN3O3S. The van der Waals surface area contributed by atoms with Crippen LogP contribution in [-0.2, 0) is 9.84 Å². The van der Waals surface area contributed by atoms with Crippen LogP contribution in [0.5, 0.6) is 5.75 Å². The molecule has 0 aliphatic carbocycles. The van der Waals surface area contributed by atoms with Crippen molar-refractivity contribution in [2.45, 2.75) is 31.4 Å². The Bertz CT molecular complexity index is 718. The smallest absolute Gasteiger partial charge is 0.193 e. The summed E-state index contributed by atoms with van der Waals surface area (Å²) in [7, 11) is -1.36. The summed E-state index contributed by atoms with van der Waals surface area (Å²) in [5, 5.41) is 3.29. The summed E-state index contributed by atoms with van der Waals surface area (Å²) < 4.78 is 41.8. The standard InChI is InChI=1S/C18H28FN3O3S/c1-18(2)14-22(11-13-26(18,23)24)17(20-3)21-10-4-5-12-25-16-8-6-15(19)7-9-16/h6-9H,4-5,10-14H2,1-3H3,(H,20,21). The van der Waals surface area contributed by atoms with Gasteiger partial charge in [-0.3, -0.25) is 4.99 Å². The predicted octanol–water partition coefficient (Wildman–Crippen LogP) is 2.07. The van der Waals surface area contributed by atoms with Crippen molar-refractivity contribution in [2.75, 3.05) is 39.0 Å². The first-order valence-corrected chi connectivity index (χ1v) is 10.5. The molecule has 1 aliphatic heterocycles. The lowest BCUT2D eigenvalue weighted by Gasteiger charge is -2.39. The third kappa shape index (κ3) is 5.33. The molecular weight excluding hydrogens is 357 g/mol. The minimum Gasteiger partial charge on any atom is -0.494 e. The van der Waals surface area contributed by atoms with E-state index >= 15 is 0 Å². The maximum absolute atomic E-state index is 12.8. The van der Waals surface area contributed by atoms with Gasteiger partial charge in [-0.1, -0.05) is 0 Å². The number of halogens is 1. The topological polar surface area (TPSA) is 71.0 Å². The molecule has 0 unspecified atom stereocenters. The number of ether oxygens (including phenoxy) is 1. The van der Waals surface area contributed by atoms with Crippen molar-refractivity contribution in [3.63, 3.8) is 0 Å². The molecule has 1 saturated heterocycles. The zero-order valence-corrected chi connectivity index (χ0v) is 16.5. The molecule has 146 valence electrons. The molecule has 1 heterocycles. The van der Waals surface area contributed by atoms with Gasteiger partial charge in [0.2, 0.25) is 0 Å². The van der Waals surface area contributed by atoms with E-state index in [0.717, 1.165) is 25.3 Å². The summed E-state index contributed by atoms with van der Waals surface area (Å²) in [6, 6.07) is 5.98. The van der Waals surface area contributed by atoms with Crippen molar-refractivity contribution < 1.29 is 17.5 Å². The van der Waals surface area contributed by atoms with E-state index in [4.69, 9.17) is 4.74 Å². The molecule has 0 amide bonds. The van der Waals surface area contributed by atoms with Crippen LogP contribution in [0.1, 0.15) is 26.7 Å². The minimum absolute atomic E-state index is 0.145. The second kappa shape index (κ2) is 8.70. The van der Waals surface area contributed by atoms with Crippen molar-refractivity contribution in [3.05, 3.63) is 30.1 Å². The van der Waals surface area contributed by atoms with E-state index in [-0.39, 0.29) is 11.6 Å². The highest BCUT2D eigenvalue weighted by molar-refractivity contribution is 7.92. The van der Waals surface area contributed by atoms with E-state index in [2.05, 4.69) is 10.3 Å². The summed E-state index contributed by atoms with van der Waals surface area (Å²) in [4.78, 5) is 6.26. The van der Waals surface area contributed by atoms with Crippen molar-refractivity contribution in [3.8, 4) is 5.75 Å². The number of benzene rings is 1. The molecule has 1 N–H and O–H groups in total. The zero-order chi connectivity index (χ0) is 19.2. The number of nitrogens with one attached hydrogen (secondary N) is 1. The van der Waals surface area contributed by atoms with Crippen molar-refractivity contribution in [2.24, 2.45) is 4.99 Å². The van der Waals surface area contributed by atoms with Gasteiger partial charge in [0.25, 0.3) is 0 Å². The lowest BCUT2D eigenvalue weighted by atomic mass is 10.2. The molecule has 1 aliphatic rings. The number of guanidine groups is 1. The highest BCUT2D eigenvalue weighted by Crippen LogP contribution is 2.23. The van der Waals surface area contributed by atoms with Crippen LogP contribution in [0, 0.1) is 5.82 Å². The van der Waals surface area contributed by atoms with E-state index < -0.39 is 14.6 Å². The molecule has 1 aromatic rings. The van der Waals surface area contributed by atoms with Gasteiger partial charge in [0, 0.05) is 26.7 Å². The van der Waals surface area contributed by atoms with Gasteiger partial charge in [0.1, 0.15) is 11.6 Å². The molecule has 8 heteroatoms. The van der Waals surface area contributed by atoms with Crippen molar-refractivity contribution in [1.29, 1.82) is 0 Å². The molecule has 6 nitrogen and oxygen atoms in total. The van der Waals surface area contributed by atoms with Crippen LogP contribution in [-0.4, -0.2) is 63.1 Å².